The van der Waals surface area contributed by atoms with Gasteiger partial charge in [0.1, 0.15) is 0 Å². The van der Waals surface area contributed by atoms with E-state index in [-0.39, 0.29) is 18.7 Å². The molecular formula is C17H24N2O3. The molecule has 3 rings (SSSR count). The van der Waals surface area contributed by atoms with Crippen LogP contribution in [0.2, 0.25) is 0 Å². The Morgan fingerprint density at radius 3 is 3.05 bits per heavy atom. The lowest BCUT2D eigenvalue weighted by Gasteiger charge is -2.32. The summed E-state index contributed by atoms with van der Waals surface area (Å²) >= 11 is 0. The molecule has 1 aromatic rings. The molecule has 0 aromatic heterocycles. The van der Waals surface area contributed by atoms with Crippen molar-refractivity contribution in [1.29, 1.82) is 0 Å². The molecule has 1 amide bonds. The van der Waals surface area contributed by atoms with Crippen molar-refractivity contribution in [1.82, 2.24) is 10.2 Å². The molecule has 1 fully saturated rings. The van der Waals surface area contributed by atoms with Gasteiger partial charge in [-0.15, -0.1) is 0 Å². The lowest BCUT2D eigenvalue weighted by Crippen LogP contribution is -2.45. The first kappa shape index (κ1) is 15.2. The maximum atomic E-state index is 12.3. The number of rotatable bonds is 4. The summed E-state index contributed by atoms with van der Waals surface area (Å²) in [5.74, 6) is 2.04. The summed E-state index contributed by atoms with van der Waals surface area (Å²) in [5.41, 5.74) is 0.614. The number of amides is 1. The predicted octanol–water partition coefficient (Wildman–Crippen LogP) is 2.27. The van der Waals surface area contributed by atoms with Gasteiger partial charge in [-0.25, -0.2) is 0 Å². The molecule has 2 aliphatic heterocycles. The van der Waals surface area contributed by atoms with Crippen LogP contribution >= 0.6 is 0 Å². The maximum absolute atomic E-state index is 12.3. The highest BCUT2D eigenvalue weighted by Gasteiger charge is 2.20. The van der Waals surface area contributed by atoms with E-state index in [9.17, 15) is 4.79 Å². The van der Waals surface area contributed by atoms with Gasteiger partial charge in [-0.05, 0) is 50.4 Å². The van der Waals surface area contributed by atoms with E-state index in [1.165, 1.54) is 12.8 Å². The second kappa shape index (κ2) is 6.57. The fourth-order valence-electron chi connectivity index (χ4n) is 3.23. The number of likely N-dealkylation sites (tertiary alicyclic amines) is 1. The number of hydrogen-bond acceptors (Lipinski definition) is 4. The number of piperidine rings is 1. The van der Waals surface area contributed by atoms with Crippen LogP contribution in [-0.4, -0.2) is 43.3 Å². The van der Waals surface area contributed by atoms with Crippen LogP contribution < -0.4 is 14.8 Å². The fourth-order valence-corrected chi connectivity index (χ4v) is 3.23. The number of benzene rings is 1. The van der Waals surface area contributed by atoms with Gasteiger partial charge in [0.25, 0.3) is 5.91 Å². The van der Waals surface area contributed by atoms with Crippen molar-refractivity contribution in [3.63, 3.8) is 0 Å². The number of ether oxygens (including phenoxy) is 2. The van der Waals surface area contributed by atoms with Crippen LogP contribution in [0.25, 0.3) is 0 Å². The highest BCUT2D eigenvalue weighted by molar-refractivity contribution is 5.95. The van der Waals surface area contributed by atoms with Gasteiger partial charge in [-0.1, -0.05) is 6.92 Å². The monoisotopic (exact) mass is 304 g/mol. The first-order chi connectivity index (χ1) is 10.6. The third-order valence-corrected chi connectivity index (χ3v) is 4.29. The van der Waals surface area contributed by atoms with Gasteiger partial charge in [0.2, 0.25) is 6.79 Å². The van der Waals surface area contributed by atoms with Crippen molar-refractivity contribution in [2.24, 2.45) is 5.92 Å². The maximum Gasteiger partial charge on any atom is 0.251 e. The normalized spacial score (nSPS) is 22.4. The van der Waals surface area contributed by atoms with Gasteiger partial charge in [0.15, 0.2) is 11.5 Å². The van der Waals surface area contributed by atoms with Gasteiger partial charge in [0, 0.05) is 24.7 Å². The van der Waals surface area contributed by atoms with E-state index in [4.69, 9.17) is 9.47 Å². The third kappa shape index (κ3) is 3.53. The zero-order valence-corrected chi connectivity index (χ0v) is 13.3. The summed E-state index contributed by atoms with van der Waals surface area (Å²) in [6.07, 6.45) is 2.57. The second-order valence-electron chi connectivity index (χ2n) is 6.45. The van der Waals surface area contributed by atoms with Gasteiger partial charge < -0.3 is 19.7 Å². The summed E-state index contributed by atoms with van der Waals surface area (Å²) in [7, 11) is 0. The fraction of sp³-hybridized carbons (Fsp3) is 0.588. The minimum Gasteiger partial charge on any atom is -0.454 e. The van der Waals surface area contributed by atoms with E-state index < -0.39 is 0 Å². The molecule has 2 atom stereocenters. The summed E-state index contributed by atoms with van der Waals surface area (Å²) in [4.78, 5) is 14.8. The van der Waals surface area contributed by atoms with Gasteiger partial charge in [-0.3, -0.25) is 4.79 Å². The van der Waals surface area contributed by atoms with E-state index in [1.54, 1.807) is 18.2 Å². The molecule has 0 spiro atoms. The molecular weight excluding hydrogens is 280 g/mol. The first-order valence-corrected chi connectivity index (χ1v) is 8.04. The van der Waals surface area contributed by atoms with Crippen molar-refractivity contribution in [3.8, 4) is 11.5 Å². The number of fused-ring (bicyclic) bond motifs is 1. The number of carbonyl (C=O) groups is 1. The Labute approximate surface area is 131 Å². The van der Waals surface area contributed by atoms with Crippen molar-refractivity contribution in [3.05, 3.63) is 23.8 Å². The van der Waals surface area contributed by atoms with Gasteiger partial charge >= 0.3 is 0 Å². The summed E-state index contributed by atoms with van der Waals surface area (Å²) in [6, 6.07) is 5.43. The van der Waals surface area contributed by atoms with Crippen molar-refractivity contribution in [2.75, 3.05) is 26.4 Å². The van der Waals surface area contributed by atoms with Crippen LogP contribution in [0.3, 0.4) is 0 Å². The number of nitrogens with zero attached hydrogens (tertiary/aromatic N) is 1. The largest absolute Gasteiger partial charge is 0.454 e. The third-order valence-electron chi connectivity index (χ3n) is 4.29. The lowest BCUT2D eigenvalue weighted by molar-refractivity contribution is 0.0919. The molecule has 0 aliphatic carbocycles. The Hall–Kier alpha value is -1.75. The zero-order chi connectivity index (χ0) is 15.5. The topological polar surface area (TPSA) is 50.8 Å². The lowest BCUT2D eigenvalue weighted by atomic mass is 10.00. The summed E-state index contributed by atoms with van der Waals surface area (Å²) in [5, 5.41) is 3.07. The first-order valence-electron chi connectivity index (χ1n) is 8.04. The molecule has 22 heavy (non-hydrogen) atoms. The van der Waals surface area contributed by atoms with Gasteiger partial charge in [-0.2, -0.15) is 0 Å². The Morgan fingerprint density at radius 2 is 2.23 bits per heavy atom. The minimum atomic E-state index is -0.0594. The van der Waals surface area contributed by atoms with Crippen molar-refractivity contribution in [2.45, 2.75) is 32.7 Å². The highest BCUT2D eigenvalue weighted by atomic mass is 16.7. The van der Waals surface area contributed by atoms with Crippen LogP contribution in [0.4, 0.5) is 0 Å². The second-order valence-corrected chi connectivity index (χ2v) is 6.45. The molecule has 0 radical (unpaired) electrons. The van der Waals surface area contributed by atoms with E-state index in [0.29, 0.717) is 17.1 Å². The quantitative estimate of drug-likeness (QED) is 0.927. The van der Waals surface area contributed by atoms with E-state index in [2.05, 4.69) is 24.1 Å². The average Bonchev–Trinajstić information content (AvgIpc) is 2.94. The molecule has 2 unspecified atom stereocenters. The van der Waals surface area contributed by atoms with E-state index >= 15 is 0 Å². The van der Waals surface area contributed by atoms with Crippen molar-refractivity contribution < 1.29 is 14.3 Å². The van der Waals surface area contributed by atoms with Gasteiger partial charge in [0.05, 0.1) is 0 Å². The Kier molecular flexibility index (Phi) is 4.52. The molecule has 2 heterocycles. The van der Waals surface area contributed by atoms with Crippen LogP contribution in [0.1, 0.15) is 37.0 Å². The smallest absolute Gasteiger partial charge is 0.251 e. The Bertz CT molecular complexity index is 547. The standard InChI is InChI=1S/C17H24N2O3/c1-12-4-3-7-19(9-12)10-13(2)18-17(20)14-5-6-15-16(8-14)22-11-21-15/h5-6,8,12-13H,3-4,7,9-11H2,1-2H3,(H,18,20). The van der Waals surface area contributed by atoms with Crippen LogP contribution in [0.15, 0.2) is 18.2 Å². The Morgan fingerprint density at radius 1 is 1.41 bits per heavy atom. The summed E-state index contributed by atoms with van der Waals surface area (Å²) < 4.78 is 10.6. The zero-order valence-electron chi connectivity index (χ0n) is 13.3. The van der Waals surface area contributed by atoms with Crippen LogP contribution in [0, 0.1) is 5.92 Å². The van der Waals surface area contributed by atoms with Crippen LogP contribution in [0.5, 0.6) is 11.5 Å². The molecule has 0 saturated carbocycles. The average molecular weight is 304 g/mol. The number of carbonyl (C=O) groups excluding carboxylic acids is 1. The van der Waals surface area contributed by atoms with Crippen LogP contribution in [-0.2, 0) is 0 Å². The molecule has 5 nitrogen and oxygen atoms in total. The summed E-state index contributed by atoms with van der Waals surface area (Å²) in [6.45, 7) is 7.75. The molecule has 1 saturated heterocycles. The molecule has 0 bridgehead atoms. The highest BCUT2D eigenvalue weighted by Crippen LogP contribution is 2.32. The molecule has 1 N–H and O–H groups in total. The Balaban J connectivity index is 1.54. The van der Waals surface area contributed by atoms with E-state index in [0.717, 1.165) is 25.6 Å². The SMILES string of the molecule is CC1CCCN(CC(C)NC(=O)c2ccc3c(c2)OCO3)C1. The molecule has 120 valence electrons. The molecule has 2 aliphatic rings. The number of nitrogens with one attached hydrogen (secondary N) is 1. The minimum absolute atomic E-state index is 0.0594. The predicted molar refractivity (Wildman–Crippen MR) is 84.3 cm³/mol. The molecule has 1 aromatic carbocycles. The number of hydrogen-bond donors (Lipinski definition) is 1. The van der Waals surface area contributed by atoms with E-state index in [1.807, 2.05) is 0 Å². The molecule has 5 heteroatoms. The van der Waals surface area contributed by atoms with Crippen molar-refractivity contribution >= 4 is 5.91 Å².